The highest BCUT2D eigenvalue weighted by molar-refractivity contribution is 6.27. The van der Waals surface area contributed by atoms with Crippen LogP contribution in [0, 0.1) is 5.82 Å². The van der Waals surface area contributed by atoms with Gasteiger partial charge in [0.2, 0.25) is 0 Å². The van der Waals surface area contributed by atoms with Gasteiger partial charge in [0.05, 0.1) is 28.6 Å². The Hall–Kier alpha value is -7.04. The molecule has 0 aliphatic heterocycles. The number of benzene rings is 8. The van der Waals surface area contributed by atoms with Crippen molar-refractivity contribution in [2.75, 3.05) is 4.90 Å². The zero-order valence-electron chi connectivity index (χ0n) is 30.5. The minimum atomic E-state index is -0.238. The number of anilines is 3. The number of hydrogen-bond donors (Lipinski definition) is 0. The molecule has 0 bridgehead atoms. The van der Waals surface area contributed by atoms with Crippen LogP contribution in [-0.2, 0) is 0 Å². The molecule has 0 atom stereocenters. The Kier molecular flexibility index (Phi) is 7.77. The Labute approximate surface area is 319 Å². The lowest BCUT2D eigenvalue weighted by molar-refractivity contribution is 0.627. The normalized spacial score (nSPS) is 12.2. The second-order valence-electron chi connectivity index (χ2n) is 14.2. The first-order valence-electron chi connectivity index (χ1n) is 18.7. The highest BCUT2D eigenvalue weighted by Gasteiger charge is 2.21. The van der Waals surface area contributed by atoms with Crippen molar-refractivity contribution < 1.29 is 4.39 Å². The van der Waals surface area contributed by atoms with Gasteiger partial charge in [0.15, 0.2) is 0 Å². The van der Waals surface area contributed by atoms with Gasteiger partial charge in [0.1, 0.15) is 5.82 Å². The van der Waals surface area contributed by atoms with Crippen LogP contribution in [0.3, 0.4) is 0 Å². The van der Waals surface area contributed by atoms with Gasteiger partial charge in [0, 0.05) is 27.8 Å². The van der Waals surface area contributed by atoms with Crippen molar-refractivity contribution in [2.45, 2.75) is 13.8 Å². The summed E-state index contributed by atoms with van der Waals surface area (Å²) < 4.78 is 16.3. The summed E-state index contributed by atoms with van der Waals surface area (Å²) in [6, 6.07) is 60.6. The third-order valence-corrected chi connectivity index (χ3v) is 11.1. The van der Waals surface area contributed by atoms with E-state index in [1.54, 1.807) is 0 Å². The van der Waals surface area contributed by atoms with Crippen LogP contribution in [0.1, 0.15) is 25.1 Å². The van der Waals surface area contributed by atoms with Crippen molar-refractivity contribution in [1.82, 2.24) is 9.55 Å². The number of aromatic nitrogens is 2. The number of allylic oxidation sites excluding steroid dienone is 2. The monoisotopic (exact) mass is 709 g/mol. The van der Waals surface area contributed by atoms with Crippen LogP contribution in [0.15, 0.2) is 182 Å². The summed E-state index contributed by atoms with van der Waals surface area (Å²) in [5, 5.41) is 7.25. The lowest BCUT2D eigenvalue weighted by Gasteiger charge is -2.25. The fourth-order valence-electron chi connectivity index (χ4n) is 8.39. The summed E-state index contributed by atoms with van der Waals surface area (Å²) in [5.74, 6) is -0.238. The van der Waals surface area contributed by atoms with Gasteiger partial charge in [-0.2, -0.15) is 0 Å². The van der Waals surface area contributed by atoms with E-state index in [2.05, 4.69) is 163 Å². The Balaban J connectivity index is 1.07. The summed E-state index contributed by atoms with van der Waals surface area (Å²) >= 11 is 0. The average molecular weight is 710 g/mol. The van der Waals surface area contributed by atoms with Crippen LogP contribution in [0.5, 0.6) is 0 Å². The van der Waals surface area contributed by atoms with Crippen LogP contribution in [-0.4, -0.2) is 9.55 Å². The van der Waals surface area contributed by atoms with E-state index in [0.717, 1.165) is 45.0 Å². The van der Waals surface area contributed by atoms with Crippen LogP contribution < -0.4 is 4.90 Å². The number of halogens is 1. The molecule has 2 aromatic heterocycles. The molecule has 0 radical (unpaired) electrons. The molecule has 262 valence electrons. The highest BCUT2D eigenvalue weighted by Crippen LogP contribution is 2.45. The molecule has 4 heteroatoms. The zero-order valence-corrected chi connectivity index (χ0v) is 30.5. The molecule has 55 heavy (non-hydrogen) atoms. The molecule has 0 spiro atoms. The van der Waals surface area contributed by atoms with Crippen molar-refractivity contribution in [3.8, 4) is 16.8 Å². The van der Waals surface area contributed by atoms with E-state index in [1.807, 2.05) is 30.5 Å². The molecule has 0 aliphatic rings. The molecule has 10 rings (SSSR count). The zero-order chi connectivity index (χ0) is 37.0. The molecule has 2 heterocycles. The maximum Gasteiger partial charge on any atom is 0.123 e. The molecule has 10 aromatic rings. The van der Waals surface area contributed by atoms with Crippen molar-refractivity contribution in [1.29, 1.82) is 0 Å². The van der Waals surface area contributed by atoms with Crippen molar-refractivity contribution in [2.24, 2.45) is 0 Å². The summed E-state index contributed by atoms with van der Waals surface area (Å²) in [4.78, 5) is 7.26. The number of para-hydroxylation sites is 2. The number of hydrogen-bond acceptors (Lipinski definition) is 2. The quantitative estimate of drug-likeness (QED) is 0.154. The first kappa shape index (κ1) is 32.6. The molecule has 0 aliphatic carbocycles. The van der Waals surface area contributed by atoms with Crippen LogP contribution in [0.4, 0.5) is 21.5 Å². The van der Waals surface area contributed by atoms with E-state index in [9.17, 15) is 4.39 Å². The lowest BCUT2D eigenvalue weighted by Crippen LogP contribution is -2.10. The topological polar surface area (TPSA) is 21.1 Å². The molecular weight excluding hydrogens is 674 g/mol. The van der Waals surface area contributed by atoms with E-state index < -0.39 is 0 Å². The van der Waals surface area contributed by atoms with Gasteiger partial charge in [-0.3, -0.25) is 4.98 Å². The van der Waals surface area contributed by atoms with Gasteiger partial charge in [-0.15, -0.1) is 0 Å². The Morgan fingerprint density at radius 3 is 1.85 bits per heavy atom. The molecular formula is C51H36FN3. The summed E-state index contributed by atoms with van der Waals surface area (Å²) in [7, 11) is 0. The van der Waals surface area contributed by atoms with Gasteiger partial charge in [-0.1, -0.05) is 103 Å². The van der Waals surface area contributed by atoms with E-state index in [4.69, 9.17) is 4.98 Å². The smallest absolute Gasteiger partial charge is 0.123 e. The maximum absolute atomic E-state index is 14.0. The second-order valence-corrected chi connectivity index (χ2v) is 14.2. The van der Waals surface area contributed by atoms with Gasteiger partial charge in [0.25, 0.3) is 0 Å². The van der Waals surface area contributed by atoms with Crippen molar-refractivity contribution in [3.63, 3.8) is 0 Å². The first-order valence-corrected chi connectivity index (χ1v) is 18.7. The highest BCUT2D eigenvalue weighted by atomic mass is 19.1. The van der Waals surface area contributed by atoms with Crippen LogP contribution >= 0.6 is 0 Å². The number of rotatable bonds is 7. The van der Waals surface area contributed by atoms with Crippen molar-refractivity contribution in [3.05, 3.63) is 199 Å². The molecule has 8 aromatic carbocycles. The molecule has 0 fully saturated rings. The summed E-state index contributed by atoms with van der Waals surface area (Å²) in [6.45, 7) is 4.38. The fraction of sp³-hybridized carbons (Fsp3) is 0.0392. The Bertz CT molecular complexity index is 3000. The average Bonchev–Trinajstić information content (AvgIpc) is 3.59. The standard InChI is InChI=1S/C51H36FN3/c1-33(34(2)47-30-25-40(32-53-47)54(37-13-5-3-6-14-37)38-15-7-4-8-16-38)41-27-28-44(43-18-10-9-17-42(41)43)45-29-31-49-51-46(45)26-20-35-12-11-19-48(50(35)51)55(49)39-23-21-36(52)22-24-39/h3-32H,1-2H3. The minimum absolute atomic E-state index is 0.238. The molecule has 3 nitrogen and oxygen atoms in total. The minimum Gasteiger partial charge on any atom is -0.309 e. The molecule has 0 N–H and O–H groups in total. The van der Waals surface area contributed by atoms with Crippen LogP contribution in [0.25, 0.3) is 71.3 Å². The number of nitrogens with zero attached hydrogens (tertiary/aromatic N) is 3. The van der Waals surface area contributed by atoms with Crippen molar-refractivity contribution >= 4 is 71.6 Å². The second kappa shape index (κ2) is 13.1. The van der Waals surface area contributed by atoms with Gasteiger partial charge >= 0.3 is 0 Å². The number of fused-ring (bicyclic) bond motifs is 1. The van der Waals surface area contributed by atoms with E-state index in [-0.39, 0.29) is 5.82 Å². The van der Waals surface area contributed by atoms with Gasteiger partial charge in [-0.05, 0) is 136 Å². The largest absolute Gasteiger partial charge is 0.309 e. The molecule has 0 amide bonds. The molecule has 0 unspecified atom stereocenters. The fourth-order valence-corrected chi connectivity index (χ4v) is 8.39. The first-order chi connectivity index (χ1) is 27.0. The lowest BCUT2D eigenvalue weighted by atomic mass is 9.88. The van der Waals surface area contributed by atoms with E-state index in [0.29, 0.717) is 0 Å². The van der Waals surface area contributed by atoms with E-state index in [1.165, 1.54) is 66.7 Å². The Morgan fingerprint density at radius 1 is 0.491 bits per heavy atom. The molecule has 0 saturated heterocycles. The Morgan fingerprint density at radius 2 is 1.15 bits per heavy atom. The summed E-state index contributed by atoms with van der Waals surface area (Å²) in [5.41, 5.74) is 13.2. The number of pyridine rings is 1. The van der Waals surface area contributed by atoms with Crippen LogP contribution in [0.2, 0.25) is 0 Å². The molecule has 0 saturated carbocycles. The van der Waals surface area contributed by atoms with Gasteiger partial charge in [-0.25, -0.2) is 4.39 Å². The SMILES string of the molecule is CC(=C(C)c1ccc(-c2ccc3c4c2ccc2cccc(c24)n3-c2ccc(F)cc2)c2ccccc12)c1ccc(N(c2ccccc2)c2ccccc2)cn1. The predicted molar refractivity (Wildman–Crippen MR) is 229 cm³/mol. The third kappa shape index (κ3) is 5.37. The predicted octanol–water partition coefficient (Wildman–Crippen LogP) is 14.1. The van der Waals surface area contributed by atoms with Gasteiger partial charge < -0.3 is 9.47 Å². The van der Waals surface area contributed by atoms with E-state index >= 15 is 0 Å². The summed E-state index contributed by atoms with van der Waals surface area (Å²) in [6.07, 6.45) is 1.97. The maximum atomic E-state index is 14.0. The third-order valence-electron chi connectivity index (χ3n) is 11.1.